The van der Waals surface area contributed by atoms with Gasteiger partial charge in [0.05, 0.1) is 10.2 Å². The van der Waals surface area contributed by atoms with Crippen LogP contribution >= 0.6 is 27.3 Å². The Morgan fingerprint density at radius 3 is 2.62 bits per heavy atom. The Balaban J connectivity index is 2.92. The second kappa shape index (κ2) is 2.48. The van der Waals surface area contributed by atoms with Crippen LogP contribution in [0.4, 0.5) is 5.69 Å². The van der Waals surface area contributed by atoms with Crippen LogP contribution in [0.15, 0.2) is 15.2 Å². The molecule has 0 aliphatic heterocycles. The van der Waals surface area contributed by atoms with Crippen molar-refractivity contribution in [2.45, 2.75) is 0 Å². The molecule has 0 radical (unpaired) electrons. The predicted molar refractivity (Wildman–Crippen MR) is 39.8 cm³/mol. The van der Waals surface area contributed by atoms with E-state index >= 15 is 0 Å². The van der Waals surface area contributed by atoms with Crippen molar-refractivity contribution >= 4 is 33.0 Å². The second-order valence-electron chi connectivity index (χ2n) is 1.28. The molecule has 0 aliphatic carbocycles. The molecule has 1 heterocycles. The van der Waals surface area contributed by atoms with Crippen LogP contribution in [-0.4, -0.2) is 0 Å². The van der Waals surface area contributed by atoms with Gasteiger partial charge in [-0.15, -0.1) is 11.3 Å². The average Bonchev–Trinajstić information content (AvgIpc) is 2.14. The van der Waals surface area contributed by atoms with E-state index in [0.717, 1.165) is 10.2 Å². The monoisotopic (exact) mass is 192 g/mol. The van der Waals surface area contributed by atoms with E-state index in [4.69, 9.17) is 5.84 Å². The Hall–Kier alpha value is -0.0600. The lowest BCUT2D eigenvalue weighted by Gasteiger charge is -1.91. The quantitative estimate of drug-likeness (QED) is 0.527. The molecule has 1 aromatic rings. The van der Waals surface area contributed by atoms with Crippen molar-refractivity contribution in [2.24, 2.45) is 5.84 Å². The number of rotatable bonds is 1. The third-order valence-corrected chi connectivity index (χ3v) is 2.47. The maximum Gasteiger partial charge on any atom is 0.0735 e. The summed E-state index contributed by atoms with van der Waals surface area (Å²) < 4.78 is 1.02. The molecule has 0 bridgehead atoms. The summed E-state index contributed by atoms with van der Waals surface area (Å²) in [6.07, 6.45) is 0. The molecular formula is C4H5BrN2S. The number of hydrogen-bond acceptors (Lipinski definition) is 3. The molecule has 0 amide bonds. The SMILES string of the molecule is NNc1cscc1Br. The van der Waals surface area contributed by atoms with Crippen LogP contribution in [-0.2, 0) is 0 Å². The van der Waals surface area contributed by atoms with Gasteiger partial charge in [0.25, 0.3) is 0 Å². The molecule has 1 aromatic heterocycles. The molecule has 8 heavy (non-hydrogen) atoms. The lowest BCUT2D eigenvalue weighted by Crippen LogP contribution is -2.05. The maximum absolute atomic E-state index is 5.12. The van der Waals surface area contributed by atoms with E-state index in [2.05, 4.69) is 21.4 Å². The van der Waals surface area contributed by atoms with Gasteiger partial charge in [-0.25, -0.2) is 0 Å². The zero-order chi connectivity index (χ0) is 5.98. The van der Waals surface area contributed by atoms with Crippen molar-refractivity contribution in [3.05, 3.63) is 15.2 Å². The molecule has 1 rings (SSSR count). The summed E-state index contributed by atoms with van der Waals surface area (Å²) in [5.74, 6) is 5.12. The first-order chi connectivity index (χ1) is 3.84. The van der Waals surface area contributed by atoms with E-state index in [-0.39, 0.29) is 0 Å². The molecule has 3 N–H and O–H groups in total. The highest BCUT2D eigenvalue weighted by Gasteiger charge is 1.94. The highest BCUT2D eigenvalue weighted by Crippen LogP contribution is 2.24. The number of nitrogens with one attached hydrogen (secondary N) is 1. The van der Waals surface area contributed by atoms with E-state index in [1.807, 2.05) is 10.8 Å². The summed E-state index contributed by atoms with van der Waals surface area (Å²) in [4.78, 5) is 0. The largest absolute Gasteiger partial charge is 0.322 e. The Morgan fingerprint density at radius 2 is 2.38 bits per heavy atom. The van der Waals surface area contributed by atoms with Gasteiger partial charge in [-0.1, -0.05) is 0 Å². The summed E-state index contributed by atoms with van der Waals surface area (Å²) in [5, 5.41) is 3.90. The predicted octanol–water partition coefficient (Wildman–Crippen LogP) is 1.80. The first kappa shape index (κ1) is 6.07. The first-order valence-electron chi connectivity index (χ1n) is 2.03. The molecule has 0 saturated heterocycles. The highest BCUT2D eigenvalue weighted by atomic mass is 79.9. The zero-order valence-corrected chi connectivity index (χ0v) is 6.42. The molecule has 2 nitrogen and oxygen atoms in total. The molecular weight excluding hydrogens is 188 g/mol. The first-order valence-corrected chi connectivity index (χ1v) is 3.76. The normalized spacial score (nSPS) is 9.25. The van der Waals surface area contributed by atoms with Gasteiger partial charge in [-0.3, -0.25) is 5.84 Å². The lowest BCUT2D eigenvalue weighted by molar-refractivity contribution is 1.36. The van der Waals surface area contributed by atoms with Crippen LogP contribution < -0.4 is 11.3 Å². The van der Waals surface area contributed by atoms with E-state index < -0.39 is 0 Å². The Bertz CT molecular complexity index is 174. The minimum absolute atomic E-state index is 0.940. The molecule has 44 valence electrons. The van der Waals surface area contributed by atoms with Gasteiger partial charge in [0.1, 0.15) is 0 Å². The fourth-order valence-electron chi connectivity index (χ4n) is 0.385. The van der Waals surface area contributed by atoms with Gasteiger partial charge in [0.15, 0.2) is 0 Å². The zero-order valence-electron chi connectivity index (χ0n) is 4.02. The summed E-state index contributed by atoms with van der Waals surface area (Å²) in [5.41, 5.74) is 3.48. The molecule has 0 unspecified atom stereocenters. The Kier molecular flexibility index (Phi) is 1.88. The van der Waals surface area contributed by atoms with Gasteiger partial charge < -0.3 is 5.43 Å². The van der Waals surface area contributed by atoms with Crippen molar-refractivity contribution < 1.29 is 0 Å². The van der Waals surface area contributed by atoms with E-state index in [9.17, 15) is 0 Å². The minimum Gasteiger partial charge on any atom is -0.322 e. The van der Waals surface area contributed by atoms with Crippen molar-refractivity contribution in [1.29, 1.82) is 0 Å². The highest BCUT2D eigenvalue weighted by molar-refractivity contribution is 9.10. The van der Waals surface area contributed by atoms with Crippen molar-refractivity contribution in [3.63, 3.8) is 0 Å². The number of thiophene rings is 1. The number of hydrazine groups is 1. The van der Waals surface area contributed by atoms with Gasteiger partial charge in [-0.05, 0) is 15.9 Å². The number of anilines is 1. The molecule has 0 atom stereocenters. The van der Waals surface area contributed by atoms with Crippen molar-refractivity contribution in [2.75, 3.05) is 5.43 Å². The third-order valence-electron chi connectivity index (χ3n) is 0.770. The summed E-state index contributed by atoms with van der Waals surface area (Å²) >= 11 is 4.90. The van der Waals surface area contributed by atoms with Crippen LogP contribution in [0.25, 0.3) is 0 Å². The molecule has 0 aliphatic rings. The summed E-state index contributed by atoms with van der Waals surface area (Å²) in [6.45, 7) is 0. The summed E-state index contributed by atoms with van der Waals surface area (Å²) in [6, 6.07) is 0. The lowest BCUT2D eigenvalue weighted by atomic mass is 10.6. The second-order valence-corrected chi connectivity index (χ2v) is 2.88. The average molecular weight is 193 g/mol. The standard InChI is InChI=1S/C4H5BrN2S/c5-3-1-8-2-4(3)7-6/h1-2,7H,6H2. The van der Waals surface area contributed by atoms with Gasteiger partial charge >= 0.3 is 0 Å². The molecule has 0 saturated carbocycles. The maximum atomic E-state index is 5.12. The number of halogens is 1. The fraction of sp³-hybridized carbons (Fsp3) is 0. The third kappa shape index (κ3) is 1.02. The molecule has 4 heteroatoms. The minimum atomic E-state index is 0.940. The van der Waals surface area contributed by atoms with Crippen LogP contribution in [0, 0.1) is 0 Å². The van der Waals surface area contributed by atoms with E-state index in [1.54, 1.807) is 11.3 Å². The Morgan fingerprint density at radius 1 is 1.62 bits per heavy atom. The number of nitrogens with two attached hydrogens (primary N) is 1. The Labute approximate surface area is 59.8 Å². The van der Waals surface area contributed by atoms with E-state index in [0.29, 0.717) is 0 Å². The molecule has 0 fully saturated rings. The summed E-state index contributed by atoms with van der Waals surface area (Å²) in [7, 11) is 0. The van der Waals surface area contributed by atoms with Crippen molar-refractivity contribution in [1.82, 2.24) is 0 Å². The van der Waals surface area contributed by atoms with Gasteiger partial charge in [-0.2, -0.15) is 0 Å². The van der Waals surface area contributed by atoms with Gasteiger partial charge in [0.2, 0.25) is 0 Å². The van der Waals surface area contributed by atoms with Gasteiger partial charge in [0, 0.05) is 10.8 Å². The fourth-order valence-corrected chi connectivity index (χ4v) is 1.73. The van der Waals surface area contributed by atoms with Crippen LogP contribution in [0.1, 0.15) is 0 Å². The topological polar surface area (TPSA) is 38.0 Å². The smallest absolute Gasteiger partial charge is 0.0735 e. The molecule has 0 spiro atoms. The van der Waals surface area contributed by atoms with Crippen molar-refractivity contribution in [3.8, 4) is 0 Å². The van der Waals surface area contributed by atoms with Crippen LogP contribution in [0.5, 0.6) is 0 Å². The number of nitrogen functional groups attached to an aromatic ring is 1. The molecule has 0 aromatic carbocycles. The number of hydrogen-bond donors (Lipinski definition) is 2. The van der Waals surface area contributed by atoms with E-state index in [1.165, 1.54) is 0 Å². The van der Waals surface area contributed by atoms with Crippen LogP contribution in [0.3, 0.4) is 0 Å². The van der Waals surface area contributed by atoms with Crippen LogP contribution in [0.2, 0.25) is 0 Å².